The van der Waals surface area contributed by atoms with Crippen LogP contribution in [0.2, 0.25) is 0 Å². The second-order valence-electron chi connectivity index (χ2n) is 3.78. The van der Waals surface area contributed by atoms with Crippen molar-refractivity contribution in [2.75, 3.05) is 0 Å². The standard InChI is InChI=1S/C11H18O/c1-4-5-6-10-8(2)7-11(12)9(10)3/h8H,4-7H2,1-3H3. The van der Waals surface area contributed by atoms with E-state index in [2.05, 4.69) is 13.8 Å². The topological polar surface area (TPSA) is 17.1 Å². The maximum atomic E-state index is 11.3. The van der Waals surface area contributed by atoms with Crippen LogP contribution in [0.15, 0.2) is 11.1 Å². The average Bonchev–Trinajstić information content (AvgIpc) is 2.25. The summed E-state index contributed by atoms with van der Waals surface area (Å²) in [7, 11) is 0. The molecule has 0 aliphatic heterocycles. The van der Waals surface area contributed by atoms with Crippen molar-refractivity contribution >= 4 is 5.78 Å². The molecule has 0 fully saturated rings. The summed E-state index contributed by atoms with van der Waals surface area (Å²) in [5, 5.41) is 0. The fourth-order valence-corrected chi connectivity index (χ4v) is 1.90. The predicted octanol–water partition coefficient (Wildman–Crippen LogP) is 3.10. The second kappa shape index (κ2) is 3.88. The summed E-state index contributed by atoms with van der Waals surface area (Å²) in [4.78, 5) is 11.3. The van der Waals surface area contributed by atoms with Gasteiger partial charge in [0.2, 0.25) is 0 Å². The van der Waals surface area contributed by atoms with E-state index in [1.165, 1.54) is 18.4 Å². The zero-order valence-corrected chi connectivity index (χ0v) is 8.31. The molecule has 0 saturated carbocycles. The van der Waals surface area contributed by atoms with Gasteiger partial charge in [0.1, 0.15) is 0 Å². The van der Waals surface area contributed by atoms with Crippen molar-refractivity contribution in [2.45, 2.75) is 46.5 Å². The van der Waals surface area contributed by atoms with E-state index in [0.717, 1.165) is 18.4 Å². The van der Waals surface area contributed by atoms with Crippen LogP contribution in [0.5, 0.6) is 0 Å². The Balaban J connectivity index is 2.65. The lowest BCUT2D eigenvalue weighted by Gasteiger charge is -2.07. The Kier molecular flexibility index (Phi) is 3.07. The monoisotopic (exact) mass is 166 g/mol. The highest BCUT2D eigenvalue weighted by Gasteiger charge is 2.25. The summed E-state index contributed by atoms with van der Waals surface area (Å²) >= 11 is 0. The zero-order valence-electron chi connectivity index (χ0n) is 8.31. The number of carbonyl (C=O) groups is 1. The molecule has 0 aromatic heterocycles. The van der Waals surface area contributed by atoms with Gasteiger partial charge in [-0.3, -0.25) is 4.79 Å². The van der Waals surface area contributed by atoms with E-state index in [9.17, 15) is 4.79 Å². The lowest BCUT2D eigenvalue weighted by Crippen LogP contribution is -1.94. The predicted molar refractivity (Wildman–Crippen MR) is 51.0 cm³/mol. The van der Waals surface area contributed by atoms with E-state index in [1.54, 1.807) is 0 Å². The number of ketones is 1. The van der Waals surface area contributed by atoms with Crippen LogP contribution in [0.3, 0.4) is 0 Å². The van der Waals surface area contributed by atoms with E-state index in [4.69, 9.17) is 0 Å². The van der Waals surface area contributed by atoms with Crippen molar-refractivity contribution < 1.29 is 4.79 Å². The fraction of sp³-hybridized carbons (Fsp3) is 0.727. The molecule has 1 aliphatic rings. The summed E-state index contributed by atoms with van der Waals surface area (Å²) < 4.78 is 0. The van der Waals surface area contributed by atoms with Gasteiger partial charge in [0.15, 0.2) is 5.78 Å². The van der Waals surface area contributed by atoms with Crippen LogP contribution in [0.25, 0.3) is 0 Å². The van der Waals surface area contributed by atoms with Gasteiger partial charge in [-0.1, -0.05) is 25.8 Å². The van der Waals surface area contributed by atoms with Crippen LogP contribution in [0.1, 0.15) is 46.5 Å². The number of unbranched alkanes of at least 4 members (excludes halogenated alkanes) is 1. The Morgan fingerprint density at radius 2 is 2.17 bits per heavy atom. The van der Waals surface area contributed by atoms with E-state index in [1.807, 2.05) is 6.92 Å². The van der Waals surface area contributed by atoms with E-state index < -0.39 is 0 Å². The Morgan fingerprint density at radius 1 is 1.50 bits per heavy atom. The molecule has 0 saturated heterocycles. The first-order chi connectivity index (χ1) is 5.66. The molecule has 1 aliphatic carbocycles. The summed E-state index contributed by atoms with van der Waals surface area (Å²) in [5.41, 5.74) is 2.47. The molecule has 1 rings (SSSR count). The van der Waals surface area contributed by atoms with Gasteiger partial charge < -0.3 is 0 Å². The van der Waals surface area contributed by atoms with Crippen LogP contribution in [-0.4, -0.2) is 5.78 Å². The normalized spacial score (nSPS) is 23.9. The molecular weight excluding hydrogens is 148 g/mol. The van der Waals surface area contributed by atoms with Crippen molar-refractivity contribution in [2.24, 2.45) is 5.92 Å². The first kappa shape index (κ1) is 9.50. The molecule has 1 unspecified atom stereocenters. The minimum absolute atomic E-state index is 0.369. The second-order valence-corrected chi connectivity index (χ2v) is 3.78. The van der Waals surface area contributed by atoms with E-state index >= 15 is 0 Å². The van der Waals surface area contributed by atoms with Crippen molar-refractivity contribution in [3.63, 3.8) is 0 Å². The molecular formula is C11H18O. The SMILES string of the molecule is CCCCC1=C(C)C(=O)CC1C. The molecule has 1 heteroatoms. The number of hydrogen-bond donors (Lipinski definition) is 0. The van der Waals surface area contributed by atoms with Gasteiger partial charge >= 0.3 is 0 Å². The quantitative estimate of drug-likeness (QED) is 0.629. The maximum absolute atomic E-state index is 11.3. The lowest BCUT2D eigenvalue weighted by atomic mass is 9.98. The van der Waals surface area contributed by atoms with E-state index in [-0.39, 0.29) is 0 Å². The third-order valence-corrected chi connectivity index (χ3v) is 2.79. The van der Waals surface area contributed by atoms with Gasteiger partial charge in [0.25, 0.3) is 0 Å². The maximum Gasteiger partial charge on any atom is 0.159 e. The van der Waals surface area contributed by atoms with E-state index in [0.29, 0.717) is 11.7 Å². The van der Waals surface area contributed by atoms with Crippen LogP contribution in [-0.2, 0) is 4.79 Å². The smallest absolute Gasteiger partial charge is 0.159 e. The third kappa shape index (κ3) is 1.77. The molecule has 0 N–H and O–H groups in total. The van der Waals surface area contributed by atoms with Gasteiger partial charge in [0.05, 0.1) is 0 Å². The molecule has 0 radical (unpaired) electrons. The van der Waals surface area contributed by atoms with Crippen LogP contribution >= 0.6 is 0 Å². The molecule has 12 heavy (non-hydrogen) atoms. The highest BCUT2D eigenvalue weighted by atomic mass is 16.1. The number of hydrogen-bond acceptors (Lipinski definition) is 1. The molecule has 0 amide bonds. The highest BCUT2D eigenvalue weighted by Crippen LogP contribution is 2.31. The average molecular weight is 166 g/mol. The minimum atomic E-state index is 0.369. The fourth-order valence-electron chi connectivity index (χ4n) is 1.90. The lowest BCUT2D eigenvalue weighted by molar-refractivity contribution is -0.115. The van der Waals surface area contributed by atoms with Crippen LogP contribution in [0.4, 0.5) is 0 Å². The molecule has 0 aromatic rings. The molecule has 0 heterocycles. The Hall–Kier alpha value is -0.590. The van der Waals surface area contributed by atoms with Gasteiger partial charge in [-0.05, 0) is 31.3 Å². The highest BCUT2D eigenvalue weighted by molar-refractivity contribution is 5.98. The minimum Gasteiger partial charge on any atom is -0.295 e. The largest absolute Gasteiger partial charge is 0.295 e. The van der Waals surface area contributed by atoms with Crippen LogP contribution in [0, 0.1) is 5.92 Å². The number of allylic oxidation sites excluding steroid dienone is 2. The van der Waals surface area contributed by atoms with Crippen LogP contribution < -0.4 is 0 Å². The van der Waals surface area contributed by atoms with Crippen molar-refractivity contribution in [1.29, 1.82) is 0 Å². The number of rotatable bonds is 3. The van der Waals surface area contributed by atoms with Gasteiger partial charge in [-0.25, -0.2) is 0 Å². The van der Waals surface area contributed by atoms with Gasteiger partial charge in [-0.2, -0.15) is 0 Å². The summed E-state index contributed by atoms with van der Waals surface area (Å²) in [5.74, 6) is 0.887. The van der Waals surface area contributed by atoms with Gasteiger partial charge in [-0.15, -0.1) is 0 Å². The number of Topliss-reactive ketones (excluding diaryl/α,β-unsaturated/α-hetero) is 1. The third-order valence-electron chi connectivity index (χ3n) is 2.79. The molecule has 0 aromatic carbocycles. The molecule has 0 bridgehead atoms. The molecule has 0 spiro atoms. The molecule has 1 nitrogen and oxygen atoms in total. The zero-order chi connectivity index (χ0) is 9.14. The number of carbonyl (C=O) groups excluding carboxylic acids is 1. The summed E-state index contributed by atoms with van der Waals surface area (Å²) in [6, 6.07) is 0. The molecule has 1 atom stereocenters. The Morgan fingerprint density at radius 3 is 2.58 bits per heavy atom. The summed E-state index contributed by atoms with van der Waals surface area (Å²) in [6.45, 7) is 6.34. The first-order valence-electron chi connectivity index (χ1n) is 4.89. The Labute approximate surface area is 74.9 Å². The Bertz CT molecular complexity index is 213. The summed E-state index contributed by atoms with van der Waals surface area (Å²) in [6.07, 6.45) is 4.34. The molecule has 68 valence electrons. The van der Waals surface area contributed by atoms with Crippen molar-refractivity contribution in [3.8, 4) is 0 Å². The van der Waals surface area contributed by atoms with Crippen molar-refractivity contribution in [1.82, 2.24) is 0 Å². The first-order valence-corrected chi connectivity index (χ1v) is 4.89. The van der Waals surface area contributed by atoms with Gasteiger partial charge in [0, 0.05) is 6.42 Å². The van der Waals surface area contributed by atoms with Crippen molar-refractivity contribution in [3.05, 3.63) is 11.1 Å².